The lowest BCUT2D eigenvalue weighted by Gasteiger charge is -2.45. The first-order chi connectivity index (χ1) is 33.4. The summed E-state index contributed by atoms with van der Waals surface area (Å²) in [6.07, 6.45) is -2.43. The van der Waals surface area contributed by atoms with Crippen molar-refractivity contribution in [3.05, 3.63) is 0 Å². The summed E-state index contributed by atoms with van der Waals surface area (Å²) in [6.45, 7) is 3.44. The highest BCUT2D eigenvalue weighted by Gasteiger charge is 2.59. The Balaban J connectivity index is -0.000000223. The predicted molar refractivity (Wildman–Crippen MR) is 269 cm³/mol. The maximum atomic E-state index is 12.9. The van der Waals surface area contributed by atoms with Gasteiger partial charge in [-0.3, -0.25) is 37.5 Å². The van der Waals surface area contributed by atoms with Crippen LogP contribution < -0.4 is 5.32 Å². The van der Waals surface area contributed by atoms with Gasteiger partial charge in [0.15, 0.2) is 0 Å². The second-order valence-corrected chi connectivity index (χ2v) is 20.0. The normalized spacial score (nSPS) is 19.6. The molecule has 8 atom stereocenters. The number of unbranched alkanes of at least 4 members (excludes halogenated alkanes) is 12. The van der Waals surface area contributed by atoms with Gasteiger partial charge in [0.05, 0.1) is 13.2 Å². The first kappa shape index (κ1) is 67.6. The summed E-state index contributed by atoms with van der Waals surface area (Å²) in [5.74, 6) is 26.7. The van der Waals surface area contributed by atoms with E-state index >= 15 is 0 Å². The molecule has 0 spiro atoms. The standard InChI is InChI=1S/C26H54O22P4.C17H11NO.8H2/c1-2-3-4-5-6-7-8-9-10-11-12-13-14-15-20(28)44-19(16-42-18-27)17-43-52(40,41)48-23-21(29)24(45-49(31,32)33)26(47-51(37,38)39)25(22(23)30)46-50(34,35)36;1-3-5-6-7-8-9-10-11-12-13-14-16-18-17(19)15-4-2;;;;;;;;/h19,21-27,29-30H,2-18H2,1H3,(H,40,41)(H2,31,32,33)(H2,34,35,36)(H2,37,38,39);4,15H2,1-2H3,(H,18,19);8*1H/t19-,21-,22?,23?,24?,25+,26?;;;;;;;;;/m1........./s1. The number of rotatable bonds is 31. The molecule has 0 heterocycles. The molecule has 1 fully saturated rings. The van der Waals surface area contributed by atoms with E-state index in [9.17, 15) is 72.3 Å². The quantitative estimate of drug-likeness (QED) is 0.0110. The van der Waals surface area contributed by atoms with Crippen LogP contribution in [0.4, 0.5) is 0 Å². The zero-order chi connectivity index (χ0) is 53.8. The lowest BCUT2D eigenvalue weighted by molar-refractivity contribution is -0.209. The Morgan fingerprint density at radius 2 is 0.972 bits per heavy atom. The van der Waals surface area contributed by atoms with Crippen molar-refractivity contribution < 1.29 is 121 Å². The first-order valence-corrected chi connectivity index (χ1v) is 28.3. The van der Waals surface area contributed by atoms with E-state index in [1.165, 1.54) is 44.9 Å². The van der Waals surface area contributed by atoms with Crippen molar-refractivity contribution in [1.29, 1.82) is 0 Å². The second kappa shape index (κ2) is 38.2. The Morgan fingerprint density at radius 3 is 1.39 bits per heavy atom. The summed E-state index contributed by atoms with van der Waals surface area (Å²) in [6, 6.07) is 2.43. The number of phosphoric acid groups is 4. The number of aliphatic hydroxyl groups is 3. The van der Waals surface area contributed by atoms with Crippen LogP contribution in [0.5, 0.6) is 0 Å². The number of aliphatic hydroxyl groups excluding tert-OH is 3. The minimum absolute atomic E-state index is 0. The maximum absolute atomic E-state index is 12.9. The topological polar surface area (TPSA) is 381 Å². The van der Waals surface area contributed by atoms with Gasteiger partial charge >= 0.3 is 37.3 Å². The van der Waals surface area contributed by atoms with Crippen LogP contribution in [0.25, 0.3) is 0 Å². The van der Waals surface area contributed by atoms with Gasteiger partial charge < -0.3 is 59.0 Å². The van der Waals surface area contributed by atoms with E-state index < -0.39 is 100.0 Å². The molecule has 24 nitrogen and oxygen atoms in total. The number of ether oxygens (including phenoxy) is 2. The molecular weight excluding hydrogens is 1020 g/mol. The third-order valence-corrected chi connectivity index (χ3v) is 11.6. The second-order valence-electron chi connectivity index (χ2n) is 15.0. The van der Waals surface area contributed by atoms with Crippen molar-refractivity contribution >= 4 is 43.2 Å². The molecule has 0 radical (unpaired) electrons. The molecule has 71 heavy (non-hydrogen) atoms. The third-order valence-electron chi connectivity index (χ3n) is 9.06. The lowest BCUT2D eigenvalue weighted by atomic mass is 9.85. The molecule has 416 valence electrons. The largest absolute Gasteiger partial charge is 0.472 e. The van der Waals surface area contributed by atoms with Crippen LogP contribution in [0.2, 0.25) is 0 Å². The van der Waals surface area contributed by atoms with Gasteiger partial charge in [0.2, 0.25) is 5.91 Å². The molecule has 28 heteroatoms. The molecule has 0 aromatic heterocycles. The fraction of sp³-hybridized carbons (Fsp3) is 0.674. The van der Waals surface area contributed by atoms with Gasteiger partial charge in [0, 0.05) is 59.9 Å². The summed E-state index contributed by atoms with van der Waals surface area (Å²) in [5.41, 5.74) is 0. The number of esters is 1. The van der Waals surface area contributed by atoms with Crippen LogP contribution in [-0.2, 0) is 59.9 Å². The minimum atomic E-state index is -5.75. The van der Waals surface area contributed by atoms with Crippen LogP contribution in [0.15, 0.2) is 0 Å². The van der Waals surface area contributed by atoms with Gasteiger partial charge in [0.25, 0.3) is 0 Å². The lowest BCUT2D eigenvalue weighted by Crippen LogP contribution is -2.65. The SMILES string of the molecule is CC#CC#CC#CC#CC#CC#CNC(=O)CCC.CCCCCCCCCCCCCCCC(=O)O[C@H](COCO)COP(=O)(O)OC1C(O)[C@H](OP(=O)(O)O)C(OP(=O)(O)O)C(OP(=O)(O)O)[C@@H]1O.[HH].[HH].[HH].[HH].[HH].[HH].[HH].[HH]. The van der Waals surface area contributed by atoms with Crippen molar-refractivity contribution in [3.63, 3.8) is 0 Å². The number of carbonyl (C=O) groups is 2. The average molecular weight is 1100 g/mol. The summed E-state index contributed by atoms with van der Waals surface area (Å²) in [5, 5.41) is 32.8. The van der Waals surface area contributed by atoms with E-state index in [1.54, 1.807) is 6.92 Å². The maximum Gasteiger partial charge on any atom is 0.472 e. The molecule has 1 amide bonds. The summed E-state index contributed by atoms with van der Waals surface area (Å²) in [7, 11) is -22.8. The van der Waals surface area contributed by atoms with Crippen molar-refractivity contribution in [2.24, 2.45) is 0 Å². The molecule has 11 N–H and O–H groups in total. The highest BCUT2D eigenvalue weighted by molar-refractivity contribution is 7.47. The number of carbonyl (C=O) groups excluding carboxylic acids is 2. The number of nitrogens with one attached hydrogen (secondary N) is 1. The number of hydrogen-bond donors (Lipinski definition) is 11. The zero-order valence-corrected chi connectivity index (χ0v) is 43.1. The monoisotopic (exact) mass is 1100 g/mol. The van der Waals surface area contributed by atoms with Gasteiger partial charge in [-0.25, -0.2) is 18.3 Å². The number of phosphoric ester groups is 4. The van der Waals surface area contributed by atoms with Crippen molar-refractivity contribution in [2.75, 3.05) is 20.0 Å². The summed E-state index contributed by atoms with van der Waals surface area (Å²) in [4.78, 5) is 89.4. The molecule has 1 rings (SSSR count). The molecule has 0 bridgehead atoms. The Labute approximate surface area is 426 Å². The Kier molecular flexibility index (Phi) is 36.4. The van der Waals surface area contributed by atoms with E-state index in [1.807, 2.05) is 6.92 Å². The fourth-order valence-corrected chi connectivity index (χ4v) is 8.70. The van der Waals surface area contributed by atoms with Crippen LogP contribution in [0.1, 0.15) is 135 Å². The fourth-order valence-electron chi connectivity index (χ4n) is 6.04. The van der Waals surface area contributed by atoms with Crippen LogP contribution in [0, 0.1) is 71.2 Å². The summed E-state index contributed by atoms with van der Waals surface area (Å²) >= 11 is 0. The van der Waals surface area contributed by atoms with E-state index in [-0.39, 0.29) is 23.7 Å². The van der Waals surface area contributed by atoms with Gasteiger partial charge in [-0.2, -0.15) is 0 Å². The van der Waals surface area contributed by atoms with E-state index in [4.69, 9.17) is 23.6 Å². The van der Waals surface area contributed by atoms with E-state index in [0.29, 0.717) is 12.8 Å². The Bertz CT molecular complexity index is 2190. The predicted octanol–water partition coefficient (Wildman–Crippen LogP) is 4.89. The zero-order valence-electron chi connectivity index (χ0n) is 39.5. The third kappa shape index (κ3) is 37.0. The summed E-state index contributed by atoms with van der Waals surface area (Å²) < 4.78 is 79.8. The van der Waals surface area contributed by atoms with E-state index in [0.717, 1.165) is 38.5 Å². The number of hydrogen-bond acceptors (Lipinski definition) is 16. The van der Waals surface area contributed by atoms with E-state index in [2.05, 4.69) is 97.0 Å². The first-order valence-electron chi connectivity index (χ1n) is 22.2. The Morgan fingerprint density at radius 1 is 0.549 bits per heavy atom. The number of amides is 1. The molecule has 0 saturated heterocycles. The van der Waals surface area contributed by atoms with Crippen molar-refractivity contribution in [2.45, 2.75) is 166 Å². The van der Waals surface area contributed by atoms with Crippen LogP contribution in [0.3, 0.4) is 0 Å². The average Bonchev–Trinajstić information content (AvgIpc) is 3.27. The molecular formula is C43H81NO23P4. The van der Waals surface area contributed by atoms with Gasteiger partial charge in [0.1, 0.15) is 49.5 Å². The molecule has 1 aliphatic carbocycles. The molecule has 1 saturated carbocycles. The smallest absolute Gasteiger partial charge is 0.457 e. The van der Waals surface area contributed by atoms with Gasteiger partial charge in [-0.1, -0.05) is 96.8 Å². The van der Waals surface area contributed by atoms with Gasteiger partial charge in [-0.15, -0.1) is 0 Å². The van der Waals surface area contributed by atoms with Crippen LogP contribution in [-0.4, -0.2) is 124 Å². The molecule has 1 aliphatic rings. The molecule has 0 aromatic carbocycles. The molecule has 5 unspecified atom stereocenters. The highest BCUT2D eigenvalue weighted by Crippen LogP contribution is 2.53. The Hall–Kier alpha value is -3.42. The molecule has 0 aromatic rings. The minimum Gasteiger partial charge on any atom is -0.457 e. The van der Waals surface area contributed by atoms with Gasteiger partial charge in [-0.05, 0) is 49.4 Å². The highest BCUT2D eigenvalue weighted by atomic mass is 31.2. The van der Waals surface area contributed by atoms with Crippen molar-refractivity contribution in [1.82, 2.24) is 5.32 Å². The van der Waals surface area contributed by atoms with Crippen molar-refractivity contribution in [3.8, 4) is 71.2 Å². The molecule has 0 aliphatic heterocycles. The van der Waals surface area contributed by atoms with Crippen LogP contribution >= 0.6 is 31.3 Å².